The normalized spacial score (nSPS) is 38.7. The van der Waals surface area contributed by atoms with Crippen LogP contribution in [0.2, 0.25) is 0 Å². The van der Waals surface area contributed by atoms with Crippen molar-refractivity contribution in [3.05, 3.63) is 0 Å². The van der Waals surface area contributed by atoms with Crippen molar-refractivity contribution in [2.75, 3.05) is 0 Å². The molecule has 0 aromatic carbocycles. The van der Waals surface area contributed by atoms with Gasteiger partial charge < -0.3 is 0 Å². The first-order valence-corrected chi connectivity index (χ1v) is 9.68. The minimum Gasteiger partial charge on any atom is -0.273 e. The van der Waals surface area contributed by atoms with E-state index in [1.54, 1.807) is 0 Å². The number of amides is 2. The van der Waals surface area contributed by atoms with Gasteiger partial charge in [-0.25, -0.2) is 0 Å². The molecule has 0 radical (unpaired) electrons. The number of hydrogen-bond donors (Lipinski definition) is 2. The van der Waals surface area contributed by atoms with Crippen LogP contribution in [0.25, 0.3) is 0 Å². The molecule has 5 aliphatic rings. The van der Waals surface area contributed by atoms with E-state index in [2.05, 4.69) is 10.9 Å². The molecule has 2 N–H and O–H groups in total. The largest absolute Gasteiger partial charge is 0.273 e. The number of hydrazine groups is 1. The Morgan fingerprint density at radius 3 is 1.91 bits per heavy atom. The van der Waals surface area contributed by atoms with Crippen molar-refractivity contribution in [1.82, 2.24) is 10.9 Å². The molecule has 5 rings (SSSR count). The predicted octanol–water partition coefficient (Wildman–Crippen LogP) is 3.32. The molecule has 128 valence electrons. The lowest BCUT2D eigenvalue weighted by Crippen LogP contribution is -2.50. The summed E-state index contributed by atoms with van der Waals surface area (Å²) >= 11 is 0. The van der Waals surface area contributed by atoms with Crippen LogP contribution >= 0.6 is 0 Å². The van der Waals surface area contributed by atoms with E-state index in [9.17, 15) is 9.59 Å². The van der Waals surface area contributed by atoms with Crippen LogP contribution in [0.3, 0.4) is 0 Å². The SMILES string of the molecule is O=C(CC1CCCC1)NNC(=O)CC12CC3CC(CC(C3)C1)C2. The van der Waals surface area contributed by atoms with E-state index in [4.69, 9.17) is 0 Å². The molecule has 5 fully saturated rings. The first-order valence-electron chi connectivity index (χ1n) is 9.68. The maximum Gasteiger partial charge on any atom is 0.238 e. The molecule has 5 saturated carbocycles. The second kappa shape index (κ2) is 6.10. The van der Waals surface area contributed by atoms with Crippen molar-refractivity contribution in [2.45, 2.75) is 77.0 Å². The molecule has 4 nitrogen and oxygen atoms in total. The number of hydrogen-bond acceptors (Lipinski definition) is 2. The molecular weight excluding hydrogens is 288 g/mol. The van der Waals surface area contributed by atoms with E-state index in [0.717, 1.165) is 30.6 Å². The maximum absolute atomic E-state index is 12.3. The van der Waals surface area contributed by atoms with Crippen LogP contribution in [0.15, 0.2) is 0 Å². The fraction of sp³-hybridized carbons (Fsp3) is 0.895. The van der Waals surface area contributed by atoms with Gasteiger partial charge in [-0.05, 0) is 80.5 Å². The molecular formula is C19H30N2O2. The highest BCUT2D eigenvalue weighted by Gasteiger charge is 2.51. The lowest BCUT2D eigenvalue weighted by Gasteiger charge is -2.56. The Morgan fingerprint density at radius 1 is 0.826 bits per heavy atom. The van der Waals surface area contributed by atoms with Gasteiger partial charge in [0.2, 0.25) is 11.8 Å². The van der Waals surface area contributed by atoms with Gasteiger partial charge in [0.05, 0.1) is 0 Å². The van der Waals surface area contributed by atoms with Gasteiger partial charge in [-0.15, -0.1) is 0 Å². The van der Waals surface area contributed by atoms with Crippen molar-refractivity contribution >= 4 is 11.8 Å². The predicted molar refractivity (Wildman–Crippen MR) is 88.1 cm³/mol. The quantitative estimate of drug-likeness (QED) is 0.781. The number of carbonyl (C=O) groups is 2. The smallest absolute Gasteiger partial charge is 0.238 e. The van der Waals surface area contributed by atoms with Gasteiger partial charge in [0.1, 0.15) is 0 Å². The summed E-state index contributed by atoms with van der Waals surface area (Å²) in [7, 11) is 0. The first-order chi connectivity index (χ1) is 11.1. The Balaban J connectivity index is 1.24. The Labute approximate surface area is 139 Å². The van der Waals surface area contributed by atoms with Crippen LogP contribution in [0.1, 0.15) is 77.0 Å². The van der Waals surface area contributed by atoms with E-state index in [0.29, 0.717) is 18.8 Å². The highest BCUT2D eigenvalue weighted by Crippen LogP contribution is 2.61. The highest BCUT2D eigenvalue weighted by molar-refractivity contribution is 5.82. The third-order valence-corrected chi connectivity index (χ3v) is 6.99. The molecule has 0 atom stereocenters. The molecule has 0 aliphatic heterocycles. The summed E-state index contributed by atoms with van der Waals surface area (Å²) in [5.41, 5.74) is 5.59. The molecule has 4 heteroatoms. The molecule has 2 amide bonds. The first kappa shape index (κ1) is 15.5. The Hall–Kier alpha value is -1.06. The summed E-state index contributed by atoms with van der Waals surface area (Å²) < 4.78 is 0. The average molecular weight is 318 g/mol. The van der Waals surface area contributed by atoms with Gasteiger partial charge in [0.15, 0.2) is 0 Å². The number of nitrogens with one attached hydrogen (secondary N) is 2. The average Bonchev–Trinajstić information content (AvgIpc) is 2.96. The molecule has 0 aromatic rings. The molecule has 4 bridgehead atoms. The van der Waals surface area contributed by atoms with Crippen LogP contribution in [0.5, 0.6) is 0 Å². The summed E-state index contributed by atoms with van der Waals surface area (Å²) in [6.07, 6.45) is 13.9. The minimum absolute atomic E-state index is 0.0178. The second-order valence-corrected chi connectivity index (χ2v) is 9.05. The van der Waals surface area contributed by atoms with Gasteiger partial charge in [-0.1, -0.05) is 12.8 Å². The molecule has 0 unspecified atom stereocenters. The third kappa shape index (κ3) is 3.41. The molecule has 5 aliphatic carbocycles. The topological polar surface area (TPSA) is 58.2 Å². The Kier molecular flexibility index (Phi) is 4.10. The highest BCUT2D eigenvalue weighted by atomic mass is 16.2. The van der Waals surface area contributed by atoms with Gasteiger partial charge in [0, 0.05) is 12.8 Å². The van der Waals surface area contributed by atoms with Crippen molar-refractivity contribution in [2.24, 2.45) is 29.1 Å². The van der Waals surface area contributed by atoms with E-state index in [-0.39, 0.29) is 17.2 Å². The van der Waals surface area contributed by atoms with Crippen LogP contribution in [0.4, 0.5) is 0 Å². The lowest BCUT2D eigenvalue weighted by molar-refractivity contribution is -0.134. The van der Waals surface area contributed by atoms with E-state index in [1.165, 1.54) is 51.4 Å². The van der Waals surface area contributed by atoms with Crippen LogP contribution in [-0.2, 0) is 9.59 Å². The maximum atomic E-state index is 12.3. The van der Waals surface area contributed by atoms with E-state index < -0.39 is 0 Å². The van der Waals surface area contributed by atoms with Crippen molar-refractivity contribution in [3.63, 3.8) is 0 Å². The zero-order chi connectivity index (χ0) is 15.9. The summed E-state index contributed by atoms with van der Waals surface area (Å²) in [4.78, 5) is 24.3. The molecule has 0 heterocycles. The monoisotopic (exact) mass is 318 g/mol. The van der Waals surface area contributed by atoms with Crippen LogP contribution < -0.4 is 10.9 Å². The Morgan fingerprint density at radius 2 is 1.35 bits per heavy atom. The Bertz CT molecular complexity index is 446. The lowest BCUT2D eigenvalue weighted by atomic mass is 9.49. The van der Waals surface area contributed by atoms with Crippen LogP contribution in [0, 0.1) is 29.1 Å². The van der Waals surface area contributed by atoms with Crippen LogP contribution in [-0.4, -0.2) is 11.8 Å². The van der Waals surface area contributed by atoms with Gasteiger partial charge in [-0.3, -0.25) is 20.4 Å². The zero-order valence-electron chi connectivity index (χ0n) is 14.1. The molecule has 23 heavy (non-hydrogen) atoms. The van der Waals surface area contributed by atoms with Crippen molar-refractivity contribution in [3.8, 4) is 0 Å². The third-order valence-electron chi connectivity index (χ3n) is 6.99. The van der Waals surface area contributed by atoms with E-state index >= 15 is 0 Å². The summed E-state index contributed by atoms with van der Waals surface area (Å²) in [5, 5.41) is 0. The number of rotatable bonds is 4. The zero-order valence-corrected chi connectivity index (χ0v) is 14.1. The molecule has 0 spiro atoms. The van der Waals surface area contributed by atoms with Crippen molar-refractivity contribution < 1.29 is 9.59 Å². The van der Waals surface area contributed by atoms with Gasteiger partial charge in [0.25, 0.3) is 0 Å². The van der Waals surface area contributed by atoms with Gasteiger partial charge >= 0.3 is 0 Å². The minimum atomic E-state index is -0.0178. The second-order valence-electron chi connectivity index (χ2n) is 9.05. The molecule has 0 aromatic heterocycles. The summed E-state index contributed by atoms with van der Waals surface area (Å²) in [5.74, 6) is 3.13. The van der Waals surface area contributed by atoms with Gasteiger partial charge in [-0.2, -0.15) is 0 Å². The summed E-state index contributed by atoms with van der Waals surface area (Å²) in [6, 6.07) is 0. The molecule has 0 saturated heterocycles. The fourth-order valence-electron chi connectivity index (χ4n) is 6.56. The number of carbonyl (C=O) groups excluding carboxylic acids is 2. The summed E-state index contributed by atoms with van der Waals surface area (Å²) in [6.45, 7) is 0. The standard InChI is InChI=1S/C19H30N2O2/c22-17(8-13-3-1-2-4-13)20-21-18(23)12-19-9-14-5-15(10-19)7-16(6-14)11-19/h13-16H,1-12H2,(H,20,22)(H,21,23). The van der Waals surface area contributed by atoms with E-state index in [1.807, 2.05) is 0 Å². The van der Waals surface area contributed by atoms with Crippen molar-refractivity contribution in [1.29, 1.82) is 0 Å². The fourth-order valence-corrected chi connectivity index (χ4v) is 6.56.